The maximum Gasteiger partial charge on any atom is 0.348 e. The summed E-state index contributed by atoms with van der Waals surface area (Å²) in [5, 5.41) is 15.4. The first-order valence-electron chi connectivity index (χ1n) is 9.07. The van der Waals surface area contributed by atoms with Crippen LogP contribution in [-0.2, 0) is 11.2 Å². The molecule has 0 amide bonds. The van der Waals surface area contributed by atoms with Crippen molar-refractivity contribution in [3.63, 3.8) is 0 Å². The number of aliphatic carboxylic acids is 1. The lowest BCUT2D eigenvalue weighted by molar-refractivity contribution is -0.128. The first-order chi connectivity index (χ1) is 13.4. The lowest BCUT2D eigenvalue weighted by Gasteiger charge is -2.16. The van der Waals surface area contributed by atoms with Crippen LogP contribution in [0.1, 0.15) is 38.8 Å². The minimum absolute atomic E-state index is 0.633. The van der Waals surface area contributed by atoms with E-state index in [4.69, 9.17) is 28.3 Å². The van der Waals surface area contributed by atoms with Gasteiger partial charge in [-0.2, -0.15) is 5.10 Å². The zero-order valence-electron chi connectivity index (χ0n) is 17.0. The Morgan fingerprint density at radius 3 is 2.14 bits per heavy atom. The standard InChI is InChI=1S/C12H13ClN2O2.C8H9Cl.C2H6/c1-3-6-15(14-8-12(16)17)11-5-4-10(13)7-9(11)2;1-2-7-3-5-8(9)6-4-7;1-2/h3-8H,1-2H3,(H,16,17);3-6H,2H2,1H3;1-2H3/b6-3+,14-8+;;. The highest BCUT2D eigenvalue weighted by atomic mass is 35.5. The van der Waals surface area contributed by atoms with Gasteiger partial charge in [-0.05, 0) is 61.7 Å². The maximum absolute atomic E-state index is 10.5. The fourth-order valence-electron chi connectivity index (χ4n) is 2.03. The van der Waals surface area contributed by atoms with E-state index in [2.05, 4.69) is 12.0 Å². The van der Waals surface area contributed by atoms with Crippen LogP contribution in [0.4, 0.5) is 5.69 Å². The molecule has 0 atom stereocenters. The molecule has 0 aliphatic carbocycles. The van der Waals surface area contributed by atoms with Gasteiger partial charge in [0.1, 0.15) is 6.21 Å². The molecule has 2 aromatic carbocycles. The van der Waals surface area contributed by atoms with Crippen LogP contribution in [0.15, 0.2) is 59.8 Å². The van der Waals surface area contributed by atoms with Crippen molar-refractivity contribution < 1.29 is 9.90 Å². The average Bonchev–Trinajstić information content (AvgIpc) is 2.68. The number of anilines is 1. The second-order valence-corrected chi connectivity index (χ2v) is 6.19. The van der Waals surface area contributed by atoms with Crippen molar-refractivity contribution in [3.8, 4) is 0 Å². The number of benzene rings is 2. The maximum atomic E-state index is 10.5. The highest BCUT2D eigenvalue weighted by Gasteiger charge is 2.05. The molecule has 4 nitrogen and oxygen atoms in total. The number of nitrogens with zero attached hydrogens (tertiary/aromatic N) is 2. The van der Waals surface area contributed by atoms with Crippen molar-refractivity contribution >= 4 is 41.1 Å². The Balaban J connectivity index is 0.000000556. The summed E-state index contributed by atoms with van der Waals surface area (Å²) < 4.78 is 0. The summed E-state index contributed by atoms with van der Waals surface area (Å²) in [5.74, 6) is -1.09. The summed E-state index contributed by atoms with van der Waals surface area (Å²) in [4.78, 5) is 10.5. The molecule has 0 heterocycles. The van der Waals surface area contributed by atoms with Crippen molar-refractivity contribution in [2.75, 3.05) is 5.01 Å². The summed E-state index contributed by atoms with van der Waals surface area (Å²) in [7, 11) is 0. The molecule has 0 unspecified atom stereocenters. The molecule has 0 saturated heterocycles. The minimum Gasteiger partial charge on any atom is -0.477 e. The number of carboxylic acid groups (broad SMARTS) is 1. The molecule has 152 valence electrons. The smallest absolute Gasteiger partial charge is 0.348 e. The Morgan fingerprint density at radius 2 is 1.68 bits per heavy atom. The summed E-state index contributed by atoms with van der Waals surface area (Å²) in [6.45, 7) is 9.84. The molecule has 0 saturated carbocycles. The third kappa shape index (κ3) is 10.1. The molecule has 0 spiro atoms. The number of allylic oxidation sites excluding steroid dienone is 1. The number of hydrazone groups is 1. The van der Waals surface area contributed by atoms with Crippen LogP contribution >= 0.6 is 23.2 Å². The van der Waals surface area contributed by atoms with E-state index < -0.39 is 5.97 Å². The number of aryl methyl sites for hydroxylation is 2. The third-order valence-electron chi connectivity index (χ3n) is 3.31. The molecule has 1 N–H and O–H groups in total. The van der Waals surface area contributed by atoms with Gasteiger partial charge in [-0.25, -0.2) is 9.80 Å². The topological polar surface area (TPSA) is 52.9 Å². The molecule has 0 fully saturated rings. The van der Waals surface area contributed by atoms with Gasteiger partial charge in [0.15, 0.2) is 0 Å². The van der Waals surface area contributed by atoms with Crippen LogP contribution in [0.3, 0.4) is 0 Å². The van der Waals surface area contributed by atoms with Gasteiger partial charge in [0.05, 0.1) is 5.69 Å². The molecular weight excluding hydrogens is 395 g/mol. The van der Waals surface area contributed by atoms with Crippen molar-refractivity contribution in [1.29, 1.82) is 0 Å². The van der Waals surface area contributed by atoms with Gasteiger partial charge >= 0.3 is 5.97 Å². The molecule has 0 aliphatic rings. The van der Waals surface area contributed by atoms with E-state index in [-0.39, 0.29) is 0 Å². The van der Waals surface area contributed by atoms with Gasteiger partial charge in [-0.1, -0.05) is 62.2 Å². The highest BCUT2D eigenvalue weighted by molar-refractivity contribution is 6.31. The van der Waals surface area contributed by atoms with Crippen LogP contribution in [0.25, 0.3) is 0 Å². The number of carboxylic acids is 1. The summed E-state index contributed by atoms with van der Waals surface area (Å²) in [6.07, 6.45) is 5.37. The number of hydrogen-bond donors (Lipinski definition) is 1. The van der Waals surface area contributed by atoms with E-state index in [1.54, 1.807) is 30.5 Å². The first kappa shape index (κ1) is 25.7. The Labute approximate surface area is 178 Å². The lowest BCUT2D eigenvalue weighted by Crippen LogP contribution is -2.11. The Kier molecular flexibility index (Phi) is 13.5. The molecule has 0 radical (unpaired) electrons. The third-order valence-corrected chi connectivity index (χ3v) is 3.80. The van der Waals surface area contributed by atoms with Crippen molar-refractivity contribution in [2.24, 2.45) is 5.10 Å². The second kappa shape index (κ2) is 14.7. The van der Waals surface area contributed by atoms with Crippen LogP contribution in [0.2, 0.25) is 10.0 Å². The number of rotatable bonds is 5. The monoisotopic (exact) mass is 422 g/mol. The normalized spacial score (nSPS) is 10.1. The predicted molar refractivity (Wildman–Crippen MR) is 122 cm³/mol. The minimum atomic E-state index is -1.09. The molecule has 0 aliphatic heterocycles. The molecule has 0 aromatic heterocycles. The van der Waals surface area contributed by atoms with Crippen LogP contribution < -0.4 is 5.01 Å². The zero-order chi connectivity index (χ0) is 21.5. The predicted octanol–water partition coefficient (Wildman–Crippen LogP) is 6.99. The molecule has 6 heteroatoms. The molecule has 0 bridgehead atoms. The van der Waals surface area contributed by atoms with Gasteiger partial charge in [0.25, 0.3) is 0 Å². The Bertz CT molecular complexity index is 773. The summed E-state index contributed by atoms with van der Waals surface area (Å²) in [6, 6.07) is 13.2. The van der Waals surface area contributed by atoms with Gasteiger partial charge in [0, 0.05) is 16.2 Å². The van der Waals surface area contributed by atoms with E-state index >= 15 is 0 Å². The first-order valence-corrected chi connectivity index (χ1v) is 9.82. The van der Waals surface area contributed by atoms with E-state index in [1.165, 1.54) is 10.6 Å². The van der Waals surface area contributed by atoms with Crippen molar-refractivity contribution in [3.05, 3.63) is 75.9 Å². The fraction of sp³-hybridized carbons (Fsp3) is 0.273. The fourth-order valence-corrected chi connectivity index (χ4v) is 2.38. The van der Waals surface area contributed by atoms with Gasteiger partial charge in [-0.15, -0.1) is 0 Å². The molecule has 2 rings (SSSR count). The molecular formula is C22H28Cl2N2O2. The molecule has 28 heavy (non-hydrogen) atoms. The zero-order valence-corrected chi connectivity index (χ0v) is 18.5. The van der Waals surface area contributed by atoms with Crippen LogP contribution in [-0.4, -0.2) is 17.3 Å². The SMILES string of the molecule is C/C=C/N(/N=C/C(=O)O)c1ccc(Cl)cc1C.CC.CCc1ccc(Cl)cc1. The van der Waals surface area contributed by atoms with E-state index in [0.717, 1.165) is 28.9 Å². The van der Waals surface area contributed by atoms with Crippen molar-refractivity contribution in [1.82, 2.24) is 0 Å². The number of carbonyl (C=O) groups is 1. The lowest BCUT2D eigenvalue weighted by atomic mass is 10.2. The van der Waals surface area contributed by atoms with E-state index in [0.29, 0.717) is 5.02 Å². The highest BCUT2D eigenvalue weighted by Crippen LogP contribution is 2.24. The number of halogens is 2. The Hall–Kier alpha value is -2.30. The van der Waals surface area contributed by atoms with Gasteiger partial charge < -0.3 is 5.11 Å². The largest absolute Gasteiger partial charge is 0.477 e. The Morgan fingerprint density at radius 1 is 1.11 bits per heavy atom. The second-order valence-electron chi connectivity index (χ2n) is 5.32. The van der Waals surface area contributed by atoms with Crippen LogP contribution in [0, 0.1) is 6.92 Å². The van der Waals surface area contributed by atoms with Crippen LogP contribution in [0.5, 0.6) is 0 Å². The van der Waals surface area contributed by atoms with Gasteiger partial charge in [0.2, 0.25) is 0 Å². The summed E-state index contributed by atoms with van der Waals surface area (Å²) >= 11 is 11.5. The number of hydrogen-bond acceptors (Lipinski definition) is 3. The van der Waals surface area contributed by atoms with E-state index in [9.17, 15) is 4.79 Å². The van der Waals surface area contributed by atoms with Crippen molar-refractivity contribution in [2.45, 2.75) is 41.0 Å². The quantitative estimate of drug-likeness (QED) is 0.417. The molecule has 2 aromatic rings. The summed E-state index contributed by atoms with van der Waals surface area (Å²) in [5.41, 5.74) is 3.03. The average molecular weight is 423 g/mol. The van der Waals surface area contributed by atoms with Gasteiger partial charge in [-0.3, -0.25) is 0 Å². The van der Waals surface area contributed by atoms with E-state index in [1.807, 2.05) is 52.0 Å².